The Morgan fingerprint density at radius 1 is 1.09 bits per heavy atom. The van der Waals surface area contributed by atoms with Crippen LogP contribution in [0.5, 0.6) is 0 Å². The molecule has 2 aromatic carbocycles. The molecule has 2 saturated heterocycles. The summed E-state index contributed by atoms with van der Waals surface area (Å²) in [6.45, 7) is 5.94. The summed E-state index contributed by atoms with van der Waals surface area (Å²) in [7, 11) is 0. The summed E-state index contributed by atoms with van der Waals surface area (Å²) in [6.07, 6.45) is 0.775. The van der Waals surface area contributed by atoms with Gasteiger partial charge in [-0.25, -0.2) is 4.79 Å². The number of carbonyl (C=O) groups excluding carboxylic acids is 4. The standard InChI is InChI=1S/C24H26N4O4/c1-14-7-9-19(11-15(14)2)28-13-16(8-10-20(28)29)21(30)25-18-6-4-5-17(12-18)24(3)22(31)26-23(32)27-24/h4-7,9,11-12,16H,8,10,13H2,1-3H3,(H,25,30)(H2,26,27,31,32). The smallest absolute Gasteiger partial charge is 0.322 e. The van der Waals surface area contributed by atoms with Crippen molar-refractivity contribution in [2.24, 2.45) is 5.92 Å². The van der Waals surface area contributed by atoms with Crippen molar-refractivity contribution in [3.05, 3.63) is 59.2 Å². The van der Waals surface area contributed by atoms with E-state index in [1.54, 1.807) is 36.1 Å². The fourth-order valence-electron chi connectivity index (χ4n) is 4.10. The highest BCUT2D eigenvalue weighted by Gasteiger charge is 2.43. The third-order valence-electron chi connectivity index (χ3n) is 6.34. The number of aryl methyl sites for hydroxylation is 2. The van der Waals surface area contributed by atoms with Crippen LogP contribution in [-0.2, 0) is 19.9 Å². The molecule has 32 heavy (non-hydrogen) atoms. The van der Waals surface area contributed by atoms with Gasteiger partial charge in [-0.2, -0.15) is 0 Å². The van der Waals surface area contributed by atoms with E-state index >= 15 is 0 Å². The van der Waals surface area contributed by atoms with Crippen LogP contribution >= 0.6 is 0 Å². The topological polar surface area (TPSA) is 108 Å². The number of carbonyl (C=O) groups is 4. The summed E-state index contributed by atoms with van der Waals surface area (Å²) in [5, 5.41) is 7.76. The van der Waals surface area contributed by atoms with E-state index in [0.29, 0.717) is 30.6 Å². The maximum atomic E-state index is 13.0. The van der Waals surface area contributed by atoms with Gasteiger partial charge in [-0.05, 0) is 68.1 Å². The zero-order chi connectivity index (χ0) is 23.0. The van der Waals surface area contributed by atoms with E-state index in [2.05, 4.69) is 16.0 Å². The van der Waals surface area contributed by atoms with Gasteiger partial charge in [0.1, 0.15) is 5.54 Å². The average molecular weight is 434 g/mol. The van der Waals surface area contributed by atoms with Gasteiger partial charge in [-0.15, -0.1) is 0 Å². The SMILES string of the molecule is Cc1ccc(N2CC(C(=O)Nc3cccc(C4(C)NC(=O)NC4=O)c3)CCC2=O)cc1C. The predicted octanol–water partition coefficient (Wildman–Crippen LogP) is 2.74. The van der Waals surface area contributed by atoms with Crippen LogP contribution in [0, 0.1) is 19.8 Å². The van der Waals surface area contributed by atoms with Gasteiger partial charge in [0.15, 0.2) is 0 Å². The summed E-state index contributed by atoms with van der Waals surface area (Å²) in [6, 6.07) is 12.2. The maximum Gasteiger partial charge on any atom is 0.322 e. The molecule has 2 fully saturated rings. The molecule has 2 unspecified atom stereocenters. The van der Waals surface area contributed by atoms with Crippen molar-refractivity contribution >= 4 is 35.1 Å². The van der Waals surface area contributed by atoms with Crippen molar-refractivity contribution < 1.29 is 19.2 Å². The number of hydrogen-bond acceptors (Lipinski definition) is 4. The second-order valence-corrected chi connectivity index (χ2v) is 8.61. The first-order valence-electron chi connectivity index (χ1n) is 10.6. The molecule has 0 aromatic heterocycles. The fraction of sp³-hybridized carbons (Fsp3) is 0.333. The third-order valence-corrected chi connectivity index (χ3v) is 6.34. The Bertz CT molecular complexity index is 1130. The van der Waals surface area contributed by atoms with Gasteiger partial charge in [0.05, 0.1) is 5.92 Å². The molecule has 2 atom stereocenters. The molecule has 5 amide bonds. The number of rotatable bonds is 4. The molecule has 2 aliphatic rings. The molecular formula is C24H26N4O4. The number of anilines is 2. The number of imide groups is 1. The van der Waals surface area contributed by atoms with Crippen LogP contribution in [0.3, 0.4) is 0 Å². The monoisotopic (exact) mass is 434 g/mol. The Morgan fingerprint density at radius 3 is 2.56 bits per heavy atom. The van der Waals surface area contributed by atoms with Crippen LogP contribution in [0.4, 0.5) is 16.2 Å². The van der Waals surface area contributed by atoms with Gasteiger partial charge < -0.3 is 15.5 Å². The van der Waals surface area contributed by atoms with E-state index in [1.165, 1.54) is 0 Å². The first kappa shape index (κ1) is 21.5. The summed E-state index contributed by atoms with van der Waals surface area (Å²) in [4.78, 5) is 51.0. The fourth-order valence-corrected chi connectivity index (χ4v) is 4.10. The molecule has 8 nitrogen and oxygen atoms in total. The molecular weight excluding hydrogens is 408 g/mol. The molecule has 0 spiro atoms. The Hall–Kier alpha value is -3.68. The van der Waals surface area contributed by atoms with Crippen molar-refractivity contribution in [1.29, 1.82) is 0 Å². The number of nitrogens with one attached hydrogen (secondary N) is 3. The van der Waals surface area contributed by atoms with Crippen molar-refractivity contribution in [2.45, 2.75) is 39.2 Å². The highest BCUT2D eigenvalue weighted by atomic mass is 16.2. The van der Waals surface area contributed by atoms with Crippen LogP contribution in [0.1, 0.15) is 36.5 Å². The Balaban J connectivity index is 1.49. The maximum absolute atomic E-state index is 13.0. The molecule has 3 N–H and O–H groups in total. The lowest BCUT2D eigenvalue weighted by Crippen LogP contribution is -2.44. The quantitative estimate of drug-likeness (QED) is 0.643. The third kappa shape index (κ3) is 3.95. The van der Waals surface area contributed by atoms with Gasteiger partial charge in [0, 0.05) is 24.3 Å². The van der Waals surface area contributed by atoms with Crippen LogP contribution < -0.4 is 20.9 Å². The number of piperidine rings is 1. The largest absolute Gasteiger partial charge is 0.326 e. The minimum absolute atomic E-state index is 0.00946. The van der Waals surface area contributed by atoms with Crippen LogP contribution in [0.15, 0.2) is 42.5 Å². The second-order valence-electron chi connectivity index (χ2n) is 8.61. The van der Waals surface area contributed by atoms with Crippen molar-refractivity contribution in [1.82, 2.24) is 10.6 Å². The van der Waals surface area contributed by atoms with Crippen LogP contribution in [0.25, 0.3) is 0 Å². The number of hydrogen-bond donors (Lipinski definition) is 3. The Morgan fingerprint density at radius 2 is 1.88 bits per heavy atom. The lowest BCUT2D eigenvalue weighted by Gasteiger charge is -2.32. The summed E-state index contributed by atoms with van der Waals surface area (Å²) in [5.74, 6) is -0.979. The predicted molar refractivity (Wildman–Crippen MR) is 120 cm³/mol. The second kappa shape index (κ2) is 8.11. The molecule has 0 aliphatic carbocycles. The molecule has 8 heteroatoms. The van der Waals surface area contributed by atoms with Gasteiger partial charge in [-0.1, -0.05) is 18.2 Å². The van der Waals surface area contributed by atoms with E-state index < -0.39 is 17.5 Å². The number of nitrogens with zero attached hydrogens (tertiary/aromatic N) is 1. The summed E-state index contributed by atoms with van der Waals surface area (Å²) < 4.78 is 0. The number of amides is 5. The number of benzene rings is 2. The van der Waals surface area contributed by atoms with Crippen molar-refractivity contribution in [2.75, 3.05) is 16.8 Å². The minimum Gasteiger partial charge on any atom is -0.326 e. The van der Waals surface area contributed by atoms with Crippen LogP contribution in [0.2, 0.25) is 0 Å². The lowest BCUT2D eigenvalue weighted by atomic mass is 9.91. The molecule has 4 rings (SSSR count). The van der Waals surface area contributed by atoms with E-state index in [4.69, 9.17) is 0 Å². The number of urea groups is 1. The van der Waals surface area contributed by atoms with E-state index in [-0.39, 0.29) is 17.7 Å². The minimum atomic E-state index is -1.20. The molecule has 2 aromatic rings. The first-order valence-corrected chi connectivity index (χ1v) is 10.6. The Kier molecular flexibility index (Phi) is 5.46. The van der Waals surface area contributed by atoms with Gasteiger partial charge in [0.25, 0.3) is 5.91 Å². The average Bonchev–Trinajstić information content (AvgIpc) is 3.03. The zero-order valence-electron chi connectivity index (χ0n) is 18.3. The highest BCUT2D eigenvalue weighted by Crippen LogP contribution is 2.29. The summed E-state index contributed by atoms with van der Waals surface area (Å²) in [5.41, 5.74) is 2.93. The van der Waals surface area contributed by atoms with E-state index in [1.807, 2.05) is 32.0 Å². The highest BCUT2D eigenvalue weighted by molar-refractivity contribution is 6.07. The zero-order valence-corrected chi connectivity index (χ0v) is 18.3. The first-order chi connectivity index (χ1) is 15.2. The van der Waals surface area contributed by atoms with E-state index in [9.17, 15) is 19.2 Å². The molecule has 0 bridgehead atoms. The molecule has 166 valence electrons. The summed E-state index contributed by atoms with van der Waals surface area (Å²) >= 11 is 0. The molecule has 2 heterocycles. The lowest BCUT2D eigenvalue weighted by molar-refractivity contribution is -0.124. The van der Waals surface area contributed by atoms with Gasteiger partial charge >= 0.3 is 6.03 Å². The molecule has 0 radical (unpaired) electrons. The van der Waals surface area contributed by atoms with Gasteiger partial charge in [-0.3, -0.25) is 19.7 Å². The Labute approximate surface area is 186 Å². The molecule has 2 aliphatic heterocycles. The molecule has 0 saturated carbocycles. The van der Waals surface area contributed by atoms with Crippen molar-refractivity contribution in [3.8, 4) is 0 Å². The van der Waals surface area contributed by atoms with E-state index in [0.717, 1.165) is 16.8 Å². The van der Waals surface area contributed by atoms with Crippen LogP contribution in [-0.4, -0.2) is 30.3 Å². The van der Waals surface area contributed by atoms with Gasteiger partial charge in [0.2, 0.25) is 11.8 Å². The normalized spacial score (nSPS) is 23.0. The van der Waals surface area contributed by atoms with Crippen molar-refractivity contribution in [3.63, 3.8) is 0 Å².